The molecule has 0 bridgehead atoms. The standard InChI is InChI=1S/C36H35NO7S/c1-2-18-42-36(41)37-21-25-4-3-5-30(19-25)26-10-12-29(13-11-26)35-43-31(23-45-32-16-14-28(15-17-32)34(39)40)20-33(44-35)27-8-6-24(22-38)7-9-27/h2-17,19,31,33,35,38H,1,18,20-23H2,(H,37,41)(H,39,40). The molecule has 0 aliphatic carbocycles. The third kappa shape index (κ3) is 8.83. The van der Waals surface area contributed by atoms with Gasteiger partial charge in [-0.1, -0.05) is 79.4 Å². The first kappa shape index (κ1) is 32.0. The number of aromatic carboxylic acids is 1. The van der Waals surface area contributed by atoms with Gasteiger partial charge in [-0.15, -0.1) is 11.8 Å². The number of carbonyl (C=O) groups is 2. The van der Waals surface area contributed by atoms with Crippen molar-refractivity contribution in [3.63, 3.8) is 0 Å². The quantitative estimate of drug-likeness (QED) is 0.111. The van der Waals surface area contributed by atoms with Gasteiger partial charge in [-0.05, 0) is 58.1 Å². The number of hydrogen-bond acceptors (Lipinski definition) is 7. The zero-order valence-electron chi connectivity index (χ0n) is 24.6. The number of benzene rings is 4. The van der Waals surface area contributed by atoms with Gasteiger partial charge in [0.15, 0.2) is 6.29 Å². The molecule has 8 nitrogen and oxygen atoms in total. The highest BCUT2D eigenvalue weighted by molar-refractivity contribution is 7.99. The average molecular weight is 626 g/mol. The lowest BCUT2D eigenvalue weighted by Crippen LogP contribution is -2.31. The summed E-state index contributed by atoms with van der Waals surface area (Å²) in [5.74, 6) is -0.285. The molecule has 0 saturated carbocycles. The fourth-order valence-electron chi connectivity index (χ4n) is 4.96. The predicted molar refractivity (Wildman–Crippen MR) is 173 cm³/mol. The highest BCUT2D eigenvalue weighted by Gasteiger charge is 2.32. The Morgan fingerprint density at radius 1 is 0.911 bits per heavy atom. The Morgan fingerprint density at radius 2 is 1.64 bits per heavy atom. The van der Waals surface area contributed by atoms with Crippen molar-refractivity contribution < 1.29 is 34.0 Å². The summed E-state index contributed by atoms with van der Waals surface area (Å²) < 4.78 is 17.9. The Balaban J connectivity index is 1.29. The monoisotopic (exact) mass is 625 g/mol. The number of thioether (sulfide) groups is 1. The van der Waals surface area contributed by atoms with Crippen molar-refractivity contribution in [1.29, 1.82) is 0 Å². The molecule has 232 valence electrons. The van der Waals surface area contributed by atoms with Gasteiger partial charge in [-0.3, -0.25) is 0 Å². The summed E-state index contributed by atoms with van der Waals surface area (Å²) in [5, 5.41) is 21.4. The van der Waals surface area contributed by atoms with E-state index in [4.69, 9.17) is 14.2 Å². The summed E-state index contributed by atoms with van der Waals surface area (Å²) in [6.45, 7) is 4.02. The maximum Gasteiger partial charge on any atom is 0.407 e. The highest BCUT2D eigenvalue weighted by atomic mass is 32.2. The fourth-order valence-corrected chi connectivity index (χ4v) is 5.88. The Bertz CT molecular complexity index is 1590. The summed E-state index contributed by atoms with van der Waals surface area (Å²) in [6.07, 6.45) is 0.748. The number of amides is 1. The van der Waals surface area contributed by atoms with Crippen LogP contribution in [0.5, 0.6) is 0 Å². The van der Waals surface area contributed by atoms with E-state index in [1.165, 1.54) is 6.08 Å². The van der Waals surface area contributed by atoms with E-state index < -0.39 is 18.4 Å². The molecule has 5 rings (SSSR count). The van der Waals surface area contributed by atoms with E-state index in [-0.39, 0.29) is 31.0 Å². The lowest BCUT2D eigenvalue weighted by Gasteiger charge is -2.36. The van der Waals surface area contributed by atoms with Gasteiger partial charge in [0.25, 0.3) is 0 Å². The molecule has 1 aliphatic heterocycles. The van der Waals surface area contributed by atoms with Crippen molar-refractivity contribution in [1.82, 2.24) is 5.32 Å². The van der Waals surface area contributed by atoms with Crippen molar-refractivity contribution >= 4 is 23.8 Å². The SMILES string of the molecule is C=CCOC(=O)NCc1cccc(-c2ccc(C3OC(CSc4ccc(C(=O)O)cc4)CC(c4ccc(CO)cc4)O3)cc2)c1. The molecule has 45 heavy (non-hydrogen) atoms. The van der Waals surface area contributed by atoms with Crippen LogP contribution in [0, 0.1) is 0 Å². The zero-order chi connectivity index (χ0) is 31.6. The molecule has 3 N–H and O–H groups in total. The summed E-state index contributed by atoms with van der Waals surface area (Å²) in [5.41, 5.74) is 5.95. The second kappa shape index (κ2) is 15.5. The molecule has 3 unspecified atom stereocenters. The Kier molecular flexibility index (Phi) is 11.1. The number of alkyl carbamates (subject to hydrolysis) is 1. The Labute approximate surface area is 266 Å². The van der Waals surface area contributed by atoms with E-state index in [0.717, 1.165) is 38.3 Å². The number of carboxylic acid groups (broad SMARTS) is 1. The van der Waals surface area contributed by atoms with Crippen LogP contribution in [0.4, 0.5) is 4.79 Å². The second-order valence-electron chi connectivity index (χ2n) is 10.6. The summed E-state index contributed by atoms with van der Waals surface area (Å²) in [7, 11) is 0. The van der Waals surface area contributed by atoms with Gasteiger partial charge < -0.3 is 29.7 Å². The first-order valence-electron chi connectivity index (χ1n) is 14.6. The zero-order valence-corrected chi connectivity index (χ0v) is 25.5. The largest absolute Gasteiger partial charge is 0.478 e. The molecule has 1 amide bonds. The van der Waals surface area contributed by atoms with E-state index in [2.05, 4.69) is 11.9 Å². The maximum absolute atomic E-state index is 11.8. The third-order valence-electron chi connectivity index (χ3n) is 7.36. The molecule has 4 aromatic carbocycles. The second-order valence-corrected chi connectivity index (χ2v) is 11.6. The van der Waals surface area contributed by atoms with Gasteiger partial charge in [0.05, 0.1) is 24.4 Å². The van der Waals surface area contributed by atoms with Gasteiger partial charge in [-0.25, -0.2) is 9.59 Å². The van der Waals surface area contributed by atoms with Crippen LogP contribution in [-0.2, 0) is 27.4 Å². The summed E-state index contributed by atoms with van der Waals surface area (Å²) in [4.78, 5) is 24.0. The Hall–Kier alpha value is -4.41. The number of hydrogen-bond donors (Lipinski definition) is 3. The molecule has 0 aromatic heterocycles. The molecule has 1 saturated heterocycles. The van der Waals surface area contributed by atoms with Crippen molar-refractivity contribution in [2.24, 2.45) is 0 Å². The molecule has 3 atom stereocenters. The molecule has 0 spiro atoms. The number of ether oxygens (including phenoxy) is 3. The van der Waals surface area contributed by atoms with Crippen molar-refractivity contribution in [2.45, 2.75) is 43.0 Å². The van der Waals surface area contributed by atoms with Crippen LogP contribution in [0.25, 0.3) is 11.1 Å². The molecule has 1 aliphatic rings. The van der Waals surface area contributed by atoms with Crippen LogP contribution in [0.3, 0.4) is 0 Å². The number of aliphatic hydroxyl groups excluding tert-OH is 1. The van der Waals surface area contributed by atoms with Crippen LogP contribution in [-0.4, -0.2) is 40.7 Å². The fraction of sp³-hybridized carbons (Fsp3) is 0.222. The summed E-state index contributed by atoms with van der Waals surface area (Å²) in [6, 6.07) is 30.6. The van der Waals surface area contributed by atoms with E-state index in [1.54, 1.807) is 23.9 Å². The molecular formula is C36H35NO7S. The van der Waals surface area contributed by atoms with Crippen molar-refractivity contribution in [2.75, 3.05) is 12.4 Å². The normalized spacial score (nSPS) is 17.8. The van der Waals surface area contributed by atoms with Crippen molar-refractivity contribution in [3.8, 4) is 11.1 Å². The minimum absolute atomic E-state index is 0.0223. The van der Waals surface area contributed by atoms with Gasteiger partial charge >= 0.3 is 12.1 Å². The van der Waals surface area contributed by atoms with Crippen LogP contribution in [0.2, 0.25) is 0 Å². The number of rotatable bonds is 12. The Morgan fingerprint density at radius 3 is 2.33 bits per heavy atom. The molecule has 4 aromatic rings. The minimum atomic E-state index is -0.950. The topological polar surface area (TPSA) is 114 Å². The molecule has 1 heterocycles. The minimum Gasteiger partial charge on any atom is -0.478 e. The number of carbonyl (C=O) groups excluding carboxylic acids is 1. The number of carboxylic acids is 1. The van der Waals surface area contributed by atoms with Crippen LogP contribution >= 0.6 is 11.8 Å². The summed E-state index contributed by atoms with van der Waals surface area (Å²) >= 11 is 1.61. The van der Waals surface area contributed by atoms with E-state index in [0.29, 0.717) is 18.7 Å². The van der Waals surface area contributed by atoms with Gasteiger partial charge in [0.2, 0.25) is 0 Å². The van der Waals surface area contributed by atoms with Crippen molar-refractivity contribution in [3.05, 3.63) is 138 Å². The van der Waals surface area contributed by atoms with E-state index in [1.807, 2.05) is 84.9 Å². The lowest BCUT2D eigenvalue weighted by atomic mass is 9.99. The van der Waals surface area contributed by atoms with E-state index in [9.17, 15) is 19.8 Å². The maximum atomic E-state index is 11.8. The number of nitrogens with one attached hydrogen (secondary N) is 1. The highest BCUT2D eigenvalue weighted by Crippen LogP contribution is 2.40. The first-order valence-corrected chi connectivity index (χ1v) is 15.6. The molecule has 0 radical (unpaired) electrons. The molecular weight excluding hydrogens is 590 g/mol. The molecule has 1 fully saturated rings. The predicted octanol–water partition coefficient (Wildman–Crippen LogP) is 7.29. The van der Waals surface area contributed by atoms with Gasteiger partial charge in [0, 0.05) is 29.2 Å². The van der Waals surface area contributed by atoms with E-state index >= 15 is 0 Å². The first-order chi connectivity index (χ1) is 21.9. The number of aliphatic hydroxyl groups is 1. The smallest absolute Gasteiger partial charge is 0.407 e. The third-order valence-corrected chi connectivity index (χ3v) is 8.51. The van der Waals surface area contributed by atoms with Crippen LogP contribution < -0.4 is 5.32 Å². The lowest BCUT2D eigenvalue weighted by molar-refractivity contribution is -0.245. The molecule has 9 heteroatoms. The van der Waals surface area contributed by atoms with Crippen LogP contribution in [0.15, 0.2) is 115 Å². The van der Waals surface area contributed by atoms with Gasteiger partial charge in [0.1, 0.15) is 6.61 Å². The van der Waals surface area contributed by atoms with Crippen LogP contribution in [0.1, 0.15) is 51.4 Å². The average Bonchev–Trinajstić information content (AvgIpc) is 3.09. The van der Waals surface area contributed by atoms with Gasteiger partial charge in [-0.2, -0.15) is 0 Å².